The van der Waals surface area contributed by atoms with Gasteiger partial charge in [-0.2, -0.15) is 0 Å². The lowest BCUT2D eigenvalue weighted by Crippen LogP contribution is -2.25. The molecule has 0 saturated carbocycles. The van der Waals surface area contributed by atoms with E-state index in [1.54, 1.807) is 0 Å². The van der Waals surface area contributed by atoms with Gasteiger partial charge in [0, 0.05) is 25.9 Å². The van der Waals surface area contributed by atoms with E-state index in [-0.39, 0.29) is 11.8 Å². The number of nitrogens with one attached hydrogen (secondary N) is 2. The third kappa shape index (κ3) is 47.1. The van der Waals surface area contributed by atoms with Crippen LogP contribution in [-0.4, -0.2) is 24.9 Å². The minimum Gasteiger partial charge on any atom is -0.356 e. The maximum atomic E-state index is 12.2. The van der Waals surface area contributed by atoms with Gasteiger partial charge in [0.2, 0.25) is 11.8 Å². The molecular weight excluding hydrogens is 661 g/mol. The van der Waals surface area contributed by atoms with Crippen LogP contribution in [0.2, 0.25) is 0 Å². The molecule has 0 aromatic carbocycles. The molecule has 0 aliphatic heterocycles. The molecule has 4 heteroatoms. The molecule has 0 spiro atoms. The van der Waals surface area contributed by atoms with Gasteiger partial charge in [0.25, 0.3) is 0 Å². The van der Waals surface area contributed by atoms with Crippen molar-refractivity contribution in [3.63, 3.8) is 0 Å². The Bertz CT molecular complexity index is 665. The maximum Gasteiger partial charge on any atom is 0.219 e. The van der Waals surface area contributed by atoms with E-state index in [0.29, 0.717) is 12.8 Å². The van der Waals surface area contributed by atoms with Crippen molar-refractivity contribution in [3.05, 3.63) is 0 Å². The van der Waals surface area contributed by atoms with Crippen LogP contribution in [0.1, 0.15) is 296 Å². The Morgan fingerprint density at radius 1 is 0.241 bits per heavy atom. The highest BCUT2D eigenvalue weighted by molar-refractivity contribution is 5.77. The lowest BCUT2D eigenvalue weighted by Gasteiger charge is -2.07. The first-order valence-corrected chi connectivity index (χ1v) is 25.2. The summed E-state index contributed by atoms with van der Waals surface area (Å²) in [6.45, 7) is 6.20. The maximum absolute atomic E-state index is 12.2. The molecule has 0 aromatic heterocycles. The topological polar surface area (TPSA) is 58.2 Å². The van der Waals surface area contributed by atoms with Gasteiger partial charge in [0.15, 0.2) is 0 Å². The summed E-state index contributed by atoms with van der Waals surface area (Å²) in [5, 5.41) is 6.16. The molecule has 0 aliphatic rings. The van der Waals surface area contributed by atoms with Gasteiger partial charge >= 0.3 is 0 Å². The molecule has 0 bridgehead atoms. The van der Waals surface area contributed by atoms with E-state index in [1.165, 1.54) is 244 Å². The Labute approximate surface area is 340 Å². The number of amides is 2. The Kier molecular flexibility index (Phi) is 47.1. The second-order valence-electron chi connectivity index (χ2n) is 17.3. The highest BCUT2D eigenvalue weighted by Gasteiger charge is 2.04. The second-order valence-corrected chi connectivity index (χ2v) is 17.3. The van der Waals surface area contributed by atoms with E-state index < -0.39 is 0 Å². The van der Waals surface area contributed by atoms with Crippen molar-refractivity contribution >= 4 is 11.8 Å². The zero-order valence-corrected chi connectivity index (χ0v) is 37.3. The van der Waals surface area contributed by atoms with Gasteiger partial charge in [-0.1, -0.05) is 258 Å². The summed E-state index contributed by atoms with van der Waals surface area (Å²) in [5.74, 6) is 0.301. The average Bonchev–Trinajstić information content (AvgIpc) is 3.17. The number of unbranched alkanes of at least 4 members (excludes halogenated alkanes) is 39. The van der Waals surface area contributed by atoms with Gasteiger partial charge < -0.3 is 10.6 Å². The van der Waals surface area contributed by atoms with Gasteiger partial charge in [0.1, 0.15) is 0 Å². The van der Waals surface area contributed by atoms with Gasteiger partial charge in [0.05, 0.1) is 0 Å². The van der Waals surface area contributed by atoms with Crippen LogP contribution < -0.4 is 10.6 Å². The van der Waals surface area contributed by atoms with Crippen molar-refractivity contribution in [1.29, 1.82) is 0 Å². The lowest BCUT2D eigenvalue weighted by molar-refractivity contribution is -0.123. The number of hydrogen-bond donors (Lipinski definition) is 2. The van der Waals surface area contributed by atoms with Gasteiger partial charge in [-0.05, 0) is 25.7 Å². The van der Waals surface area contributed by atoms with E-state index >= 15 is 0 Å². The summed E-state index contributed by atoms with van der Waals surface area (Å²) >= 11 is 0. The zero-order valence-electron chi connectivity index (χ0n) is 37.3. The quantitative estimate of drug-likeness (QED) is 0.0607. The van der Waals surface area contributed by atoms with Gasteiger partial charge in [-0.3, -0.25) is 9.59 Å². The molecule has 2 N–H and O–H groups in total. The SMILES string of the molecule is CCCCCCCCCCCCCCCCCCCCCCNC(=O)CCCCC(=O)NCCCCCCCCCCCCCCCCCCCCCC. The minimum absolute atomic E-state index is 0.151. The van der Waals surface area contributed by atoms with Crippen molar-refractivity contribution in [2.45, 2.75) is 296 Å². The molecule has 0 radical (unpaired) electrons. The number of hydrogen-bond acceptors (Lipinski definition) is 2. The Hall–Kier alpha value is -1.06. The molecule has 322 valence electrons. The fourth-order valence-corrected chi connectivity index (χ4v) is 7.96. The van der Waals surface area contributed by atoms with E-state index in [4.69, 9.17) is 0 Å². The van der Waals surface area contributed by atoms with Crippen molar-refractivity contribution in [3.8, 4) is 0 Å². The largest absolute Gasteiger partial charge is 0.356 e. The third-order valence-corrected chi connectivity index (χ3v) is 11.8. The summed E-state index contributed by atoms with van der Waals surface area (Å²) in [6, 6.07) is 0. The summed E-state index contributed by atoms with van der Waals surface area (Å²) in [7, 11) is 0. The van der Waals surface area contributed by atoms with Crippen LogP contribution in [0.3, 0.4) is 0 Å². The molecular formula is C50H100N2O2. The highest BCUT2D eigenvalue weighted by atomic mass is 16.2. The normalized spacial score (nSPS) is 11.4. The fourth-order valence-electron chi connectivity index (χ4n) is 7.96. The Morgan fingerprint density at radius 2 is 0.407 bits per heavy atom. The molecule has 0 heterocycles. The van der Waals surface area contributed by atoms with Crippen molar-refractivity contribution in [1.82, 2.24) is 10.6 Å². The minimum atomic E-state index is 0.151. The highest BCUT2D eigenvalue weighted by Crippen LogP contribution is 2.16. The molecule has 0 saturated heterocycles. The van der Waals surface area contributed by atoms with Crippen LogP contribution in [0.5, 0.6) is 0 Å². The smallest absolute Gasteiger partial charge is 0.219 e. The monoisotopic (exact) mass is 761 g/mol. The summed E-state index contributed by atoms with van der Waals surface area (Å²) in [5.41, 5.74) is 0. The molecule has 54 heavy (non-hydrogen) atoms. The fraction of sp³-hybridized carbons (Fsp3) is 0.960. The van der Waals surface area contributed by atoms with Crippen LogP contribution in [0.15, 0.2) is 0 Å². The van der Waals surface area contributed by atoms with E-state index in [9.17, 15) is 9.59 Å². The summed E-state index contributed by atoms with van der Waals surface area (Å²) in [6.07, 6.45) is 58.4. The van der Waals surface area contributed by atoms with E-state index in [2.05, 4.69) is 24.5 Å². The van der Waals surface area contributed by atoms with Crippen LogP contribution in [0, 0.1) is 0 Å². The van der Waals surface area contributed by atoms with Gasteiger partial charge in [-0.25, -0.2) is 0 Å². The Balaban J connectivity index is 3.23. The predicted molar refractivity (Wildman–Crippen MR) is 241 cm³/mol. The molecule has 2 amide bonds. The molecule has 0 fully saturated rings. The molecule has 0 aliphatic carbocycles. The first-order chi connectivity index (χ1) is 26.7. The van der Waals surface area contributed by atoms with Crippen molar-refractivity contribution in [2.24, 2.45) is 0 Å². The average molecular weight is 761 g/mol. The van der Waals surface area contributed by atoms with Crippen LogP contribution in [0.4, 0.5) is 0 Å². The first kappa shape index (κ1) is 52.9. The molecule has 0 atom stereocenters. The molecule has 0 unspecified atom stereocenters. The van der Waals surface area contributed by atoms with Crippen LogP contribution in [0.25, 0.3) is 0 Å². The third-order valence-electron chi connectivity index (χ3n) is 11.8. The van der Waals surface area contributed by atoms with Crippen molar-refractivity contribution < 1.29 is 9.59 Å². The lowest BCUT2D eigenvalue weighted by atomic mass is 10.0. The standard InChI is InChI=1S/C50H100N2O2/c1-3-5-7-9-11-13-15-17-19-21-23-25-27-29-31-33-35-37-39-43-47-51-49(53)45-41-42-46-50(54)52-48-44-40-38-36-34-32-30-28-26-24-22-20-18-16-14-12-10-8-6-4-2/h3-48H2,1-2H3,(H,51,53)(H,52,54). The molecule has 4 nitrogen and oxygen atoms in total. The zero-order chi connectivity index (χ0) is 39.1. The number of rotatable bonds is 47. The van der Waals surface area contributed by atoms with E-state index in [1.807, 2.05) is 0 Å². The number of carbonyl (C=O) groups is 2. The second kappa shape index (κ2) is 48.1. The van der Waals surface area contributed by atoms with Crippen molar-refractivity contribution in [2.75, 3.05) is 13.1 Å². The Morgan fingerprint density at radius 3 is 0.593 bits per heavy atom. The van der Waals surface area contributed by atoms with Gasteiger partial charge in [-0.15, -0.1) is 0 Å². The van der Waals surface area contributed by atoms with Crippen LogP contribution in [-0.2, 0) is 9.59 Å². The van der Waals surface area contributed by atoms with E-state index in [0.717, 1.165) is 38.8 Å². The number of carbonyl (C=O) groups excluding carboxylic acids is 2. The molecule has 0 rings (SSSR count). The predicted octanol–water partition coefficient (Wildman–Crippen LogP) is 16.4. The summed E-state index contributed by atoms with van der Waals surface area (Å²) in [4.78, 5) is 24.3. The summed E-state index contributed by atoms with van der Waals surface area (Å²) < 4.78 is 0. The first-order valence-electron chi connectivity index (χ1n) is 25.2. The van der Waals surface area contributed by atoms with Crippen LogP contribution >= 0.6 is 0 Å². The molecule has 0 aromatic rings.